The van der Waals surface area contributed by atoms with Gasteiger partial charge < -0.3 is 19.9 Å². The smallest absolute Gasteiger partial charge is 0.271 e. The van der Waals surface area contributed by atoms with Gasteiger partial charge in [-0.25, -0.2) is 0 Å². The molecule has 0 bridgehead atoms. The number of Topliss-reactive ketones (excluding diaryl/α,β-unsaturated/α-hetero) is 1. The second kappa shape index (κ2) is 9.50. The first-order chi connectivity index (χ1) is 17.6. The zero-order valence-electron chi connectivity index (χ0n) is 21.3. The lowest BCUT2D eigenvalue weighted by atomic mass is 9.68. The molecule has 1 atom stereocenters. The summed E-state index contributed by atoms with van der Waals surface area (Å²) in [4.78, 5) is 26.3. The maximum atomic E-state index is 13.7. The fourth-order valence-corrected chi connectivity index (χ4v) is 5.15. The van der Waals surface area contributed by atoms with E-state index in [-0.39, 0.29) is 34.7 Å². The lowest BCUT2D eigenvalue weighted by molar-refractivity contribution is -0.384. The summed E-state index contributed by atoms with van der Waals surface area (Å²) in [6, 6.07) is 11.6. The summed E-state index contributed by atoms with van der Waals surface area (Å²) in [7, 11) is 4.46. The summed E-state index contributed by atoms with van der Waals surface area (Å²) in [5.41, 5.74) is 8.28. The van der Waals surface area contributed by atoms with Gasteiger partial charge in [0.25, 0.3) is 5.69 Å². The van der Waals surface area contributed by atoms with Crippen LogP contribution in [-0.2, 0) is 4.79 Å². The third-order valence-electron chi connectivity index (χ3n) is 6.70. The van der Waals surface area contributed by atoms with E-state index < -0.39 is 10.8 Å². The molecule has 0 amide bonds. The van der Waals surface area contributed by atoms with Gasteiger partial charge in [-0.1, -0.05) is 19.9 Å². The third-order valence-corrected chi connectivity index (χ3v) is 6.70. The first-order valence-corrected chi connectivity index (χ1v) is 11.6. The average Bonchev–Trinajstić information content (AvgIpc) is 2.86. The monoisotopic (exact) mass is 504 g/mol. The molecule has 10 heteroatoms. The molecule has 0 fully saturated rings. The SMILES string of the molecule is COc1cc([C@H]2C(C#N)=C(N)N(c3cccc([N+](=O)[O-])c3)C3=C2C(=O)CC(C)(C)C3)cc(OC)c1OC. The minimum absolute atomic E-state index is 0.103. The van der Waals surface area contributed by atoms with E-state index >= 15 is 0 Å². The van der Waals surface area contributed by atoms with Crippen molar-refractivity contribution in [1.29, 1.82) is 5.26 Å². The Labute approximate surface area is 214 Å². The molecule has 4 rings (SSSR count). The highest BCUT2D eigenvalue weighted by atomic mass is 16.6. The number of non-ortho nitro benzene ring substituents is 1. The second-order valence-electron chi connectivity index (χ2n) is 9.72. The minimum atomic E-state index is -0.785. The highest BCUT2D eigenvalue weighted by Crippen LogP contribution is 2.52. The number of nitro benzene ring substituents is 1. The molecule has 37 heavy (non-hydrogen) atoms. The van der Waals surface area contributed by atoms with E-state index in [4.69, 9.17) is 19.9 Å². The van der Waals surface area contributed by atoms with Crippen molar-refractivity contribution in [3.05, 3.63) is 74.7 Å². The Hall–Kier alpha value is -4.52. The Kier molecular flexibility index (Phi) is 6.57. The average molecular weight is 505 g/mol. The number of carbonyl (C=O) groups excluding carboxylic acids is 1. The Morgan fingerprint density at radius 2 is 1.76 bits per heavy atom. The largest absolute Gasteiger partial charge is 0.493 e. The summed E-state index contributed by atoms with van der Waals surface area (Å²) in [6.45, 7) is 3.96. The van der Waals surface area contributed by atoms with Gasteiger partial charge in [-0.05, 0) is 35.6 Å². The maximum absolute atomic E-state index is 13.7. The number of hydrogen-bond donors (Lipinski definition) is 1. The van der Waals surface area contributed by atoms with Crippen LogP contribution in [0.4, 0.5) is 11.4 Å². The van der Waals surface area contributed by atoms with Crippen LogP contribution in [-0.4, -0.2) is 32.0 Å². The molecule has 1 heterocycles. The quantitative estimate of drug-likeness (QED) is 0.442. The van der Waals surface area contributed by atoms with Gasteiger partial charge in [-0.15, -0.1) is 0 Å². The van der Waals surface area contributed by atoms with Crippen molar-refractivity contribution in [1.82, 2.24) is 0 Å². The summed E-state index contributed by atoms with van der Waals surface area (Å²) in [5, 5.41) is 21.8. The van der Waals surface area contributed by atoms with E-state index in [0.29, 0.717) is 46.2 Å². The molecule has 1 aliphatic heterocycles. The molecule has 2 aliphatic rings. The van der Waals surface area contributed by atoms with Gasteiger partial charge in [0, 0.05) is 29.8 Å². The first kappa shape index (κ1) is 25.6. The van der Waals surface area contributed by atoms with Gasteiger partial charge in [0.1, 0.15) is 5.82 Å². The first-order valence-electron chi connectivity index (χ1n) is 11.6. The molecule has 2 N–H and O–H groups in total. The van der Waals surface area contributed by atoms with E-state index in [1.807, 2.05) is 13.8 Å². The van der Waals surface area contributed by atoms with E-state index in [2.05, 4.69) is 6.07 Å². The minimum Gasteiger partial charge on any atom is -0.493 e. The molecule has 10 nitrogen and oxygen atoms in total. The molecular formula is C27H28N4O6. The zero-order valence-corrected chi connectivity index (χ0v) is 21.3. The Balaban J connectivity index is 2.03. The fraction of sp³-hybridized carbons (Fsp3) is 0.333. The van der Waals surface area contributed by atoms with E-state index in [1.165, 1.54) is 33.5 Å². The number of nitrogens with two attached hydrogens (primary N) is 1. The number of methoxy groups -OCH3 is 3. The molecule has 0 radical (unpaired) electrons. The summed E-state index contributed by atoms with van der Waals surface area (Å²) in [5.74, 6) is 0.321. The Morgan fingerprint density at radius 3 is 2.30 bits per heavy atom. The maximum Gasteiger partial charge on any atom is 0.271 e. The van der Waals surface area contributed by atoms with Crippen LogP contribution in [0.1, 0.15) is 38.2 Å². The number of allylic oxidation sites excluding steroid dienone is 3. The van der Waals surface area contributed by atoms with Crippen molar-refractivity contribution in [3.8, 4) is 23.3 Å². The van der Waals surface area contributed by atoms with E-state index in [0.717, 1.165) is 0 Å². The summed E-state index contributed by atoms with van der Waals surface area (Å²) < 4.78 is 16.5. The number of hydrogen-bond acceptors (Lipinski definition) is 9. The van der Waals surface area contributed by atoms with Crippen molar-refractivity contribution in [2.45, 2.75) is 32.6 Å². The second-order valence-corrected chi connectivity index (χ2v) is 9.72. The van der Waals surface area contributed by atoms with Gasteiger partial charge in [-0.3, -0.25) is 19.8 Å². The molecule has 0 unspecified atom stereocenters. The number of ether oxygens (including phenoxy) is 3. The Morgan fingerprint density at radius 1 is 1.11 bits per heavy atom. The van der Waals surface area contributed by atoms with Crippen LogP contribution in [0.3, 0.4) is 0 Å². The van der Waals surface area contributed by atoms with Crippen molar-refractivity contribution in [2.75, 3.05) is 26.2 Å². The standard InChI is InChI=1S/C27H28N4O6/c1-27(2)12-19-24(20(32)13-27)23(15-9-21(35-3)25(37-5)22(10-15)36-4)18(14-28)26(29)30(19)16-7-6-8-17(11-16)31(33)34/h6-11,23H,12-13,29H2,1-5H3/t23-/m0/s1. The van der Waals surface area contributed by atoms with Crippen LogP contribution in [0.5, 0.6) is 17.2 Å². The van der Waals surface area contributed by atoms with Gasteiger partial charge in [0.15, 0.2) is 17.3 Å². The van der Waals surface area contributed by atoms with Gasteiger partial charge in [-0.2, -0.15) is 5.26 Å². The third kappa shape index (κ3) is 4.33. The predicted molar refractivity (Wildman–Crippen MR) is 136 cm³/mol. The molecule has 2 aromatic rings. The normalized spacial score (nSPS) is 18.8. The fourth-order valence-electron chi connectivity index (χ4n) is 5.15. The number of carbonyl (C=O) groups is 1. The summed E-state index contributed by atoms with van der Waals surface area (Å²) >= 11 is 0. The number of rotatable bonds is 6. The van der Waals surface area contributed by atoms with Crippen LogP contribution in [0.25, 0.3) is 0 Å². The lowest BCUT2D eigenvalue weighted by Gasteiger charge is -2.43. The van der Waals surface area contributed by atoms with Crippen LogP contribution >= 0.6 is 0 Å². The molecule has 0 saturated heterocycles. The van der Waals surface area contributed by atoms with Crippen LogP contribution in [0.15, 0.2) is 59.1 Å². The van der Waals surface area contributed by atoms with Gasteiger partial charge >= 0.3 is 0 Å². The van der Waals surface area contributed by atoms with Crippen molar-refractivity contribution in [3.63, 3.8) is 0 Å². The van der Waals surface area contributed by atoms with E-state index in [9.17, 15) is 20.2 Å². The topological polar surface area (TPSA) is 141 Å². The number of anilines is 1. The van der Waals surface area contributed by atoms with Crippen molar-refractivity contribution in [2.24, 2.45) is 11.1 Å². The molecule has 0 saturated carbocycles. The molecule has 2 aromatic carbocycles. The van der Waals surface area contributed by atoms with Crippen LogP contribution in [0, 0.1) is 26.9 Å². The zero-order chi connectivity index (χ0) is 27.1. The molecule has 1 aliphatic carbocycles. The Bertz CT molecular complexity index is 1380. The number of benzene rings is 2. The van der Waals surface area contributed by atoms with Gasteiger partial charge in [0.2, 0.25) is 5.75 Å². The number of ketones is 1. The lowest BCUT2D eigenvalue weighted by Crippen LogP contribution is -2.42. The number of nitriles is 1. The molecule has 192 valence electrons. The molecule has 0 aromatic heterocycles. The highest BCUT2D eigenvalue weighted by Gasteiger charge is 2.45. The van der Waals surface area contributed by atoms with Crippen molar-refractivity contribution < 1.29 is 23.9 Å². The van der Waals surface area contributed by atoms with Crippen LogP contribution < -0.4 is 24.8 Å². The summed E-state index contributed by atoms with van der Waals surface area (Å²) in [6.07, 6.45) is 0.741. The van der Waals surface area contributed by atoms with E-state index in [1.54, 1.807) is 29.2 Å². The van der Waals surface area contributed by atoms with Crippen molar-refractivity contribution >= 4 is 17.2 Å². The van der Waals surface area contributed by atoms with Gasteiger partial charge in [0.05, 0.1) is 49.5 Å². The number of nitro groups is 1. The molecule has 0 spiro atoms. The predicted octanol–water partition coefficient (Wildman–Crippen LogP) is 4.56. The molecular weight excluding hydrogens is 476 g/mol. The number of nitrogens with zero attached hydrogens (tertiary/aromatic N) is 3. The van der Waals surface area contributed by atoms with Crippen LogP contribution in [0.2, 0.25) is 0 Å². The highest BCUT2D eigenvalue weighted by molar-refractivity contribution is 6.01.